The van der Waals surface area contributed by atoms with E-state index in [2.05, 4.69) is 20.9 Å². The number of amides is 1. The zero-order valence-corrected chi connectivity index (χ0v) is 16.0. The quantitative estimate of drug-likeness (QED) is 0.683. The smallest absolute Gasteiger partial charge is 0.256 e. The number of hydrogen-bond donors (Lipinski definition) is 3. The summed E-state index contributed by atoms with van der Waals surface area (Å²) < 4.78 is 10.8. The van der Waals surface area contributed by atoms with Gasteiger partial charge in [0.1, 0.15) is 17.3 Å². The predicted molar refractivity (Wildman–Crippen MR) is 107 cm³/mol. The van der Waals surface area contributed by atoms with Crippen LogP contribution in [-0.4, -0.2) is 30.2 Å². The van der Waals surface area contributed by atoms with Gasteiger partial charge in [-0.1, -0.05) is 6.07 Å². The summed E-state index contributed by atoms with van der Waals surface area (Å²) in [5.41, 5.74) is 1.88. The number of pyridine rings is 1. The van der Waals surface area contributed by atoms with E-state index in [1.54, 1.807) is 57.7 Å². The minimum absolute atomic E-state index is 0.288. The van der Waals surface area contributed by atoms with Crippen LogP contribution in [0.5, 0.6) is 11.5 Å². The van der Waals surface area contributed by atoms with Crippen molar-refractivity contribution < 1.29 is 14.3 Å². The molecular weight excluding hydrogens is 364 g/mol. The third kappa shape index (κ3) is 4.01. The van der Waals surface area contributed by atoms with E-state index in [-0.39, 0.29) is 5.91 Å². The highest BCUT2D eigenvalue weighted by atomic mass is 32.1. The van der Waals surface area contributed by atoms with Gasteiger partial charge in [0.05, 0.1) is 25.8 Å². The van der Waals surface area contributed by atoms with Gasteiger partial charge in [0, 0.05) is 17.5 Å². The maximum Gasteiger partial charge on any atom is 0.256 e. The Hall–Kier alpha value is -3.13. The van der Waals surface area contributed by atoms with E-state index in [9.17, 15) is 4.79 Å². The molecule has 2 heterocycles. The standard InChI is InChI=1S/C19H20N4O3S/c1-11-16(18(24)22-15-6-4-5-9-20-15)17(23-19(27)21-11)13-10-12(25-2)7-8-14(13)26-3/h4-10,17H,1-3H3,(H,20,22,24)(H2,21,23,27)/t17-/m0/s1. The highest BCUT2D eigenvalue weighted by Crippen LogP contribution is 2.35. The lowest BCUT2D eigenvalue weighted by Crippen LogP contribution is -2.45. The van der Waals surface area contributed by atoms with Gasteiger partial charge in [-0.3, -0.25) is 4.79 Å². The molecule has 0 saturated heterocycles. The Labute approximate surface area is 162 Å². The number of carbonyl (C=O) groups is 1. The molecule has 0 bridgehead atoms. The second kappa shape index (κ2) is 8.05. The van der Waals surface area contributed by atoms with Gasteiger partial charge in [-0.25, -0.2) is 4.98 Å². The molecule has 2 aromatic rings. The molecule has 3 N–H and O–H groups in total. The summed E-state index contributed by atoms with van der Waals surface area (Å²) in [6.07, 6.45) is 1.62. The van der Waals surface area contributed by atoms with E-state index < -0.39 is 6.04 Å². The monoisotopic (exact) mass is 384 g/mol. The number of carbonyl (C=O) groups excluding carboxylic acids is 1. The van der Waals surface area contributed by atoms with Gasteiger partial charge in [0.25, 0.3) is 5.91 Å². The van der Waals surface area contributed by atoms with Crippen molar-refractivity contribution in [3.63, 3.8) is 0 Å². The lowest BCUT2D eigenvalue weighted by molar-refractivity contribution is -0.113. The Balaban J connectivity index is 2.03. The molecule has 1 aliphatic heterocycles. The SMILES string of the molecule is COc1ccc(OC)c([C@@H]2NC(=S)NC(C)=C2C(=O)Nc2ccccn2)c1. The van der Waals surface area contributed by atoms with E-state index in [1.807, 2.05) is 6.07 Å². The van der Waals surface area contributed by atoms with Crippen LogP contribution in [0.15, 0.2) is 53.9 Å². The Morgan fingerprint density at radius 1 is 1.22 bits per heavy atom. The molecule has 7 nitrogen and oxygen atoms in total. The van der Waals surface area contributed by atoms with Crippen LogP contribution in [0, 0.1) is 0 Å². The van der Waals surface area contributed by atoms with Gasteiger partial charge < -0.3 is 25.4 Å². The van der Waals surface area contributed by atoms with Crippen LogP contribution < -0.4 is 25.4 Å². The molecule has 0 aliphatic carbocycles. The van der Waals surface area contributed by atoms with Crippen molar-refractivity contribution in [2.45, 2.75) is 13.0 Å². The van der Waals surface area contributed by atoms with Crippen LogP contribution in [0.2, 0.25) is 0 Å². The first-order valence-corrected chi connectivity index (χ1v) is 8.67. The molecule has 1 atom stereocenters. The zero-order valence-electron chi connectivity index (χ0n) is 15.2. The fourth-order valence-electron chi connectivity index (χ4n) is 2.91. The van der Waals surface area contributed by atoms with Crippen LogP contribution in [0.4, 0.5) is 5.82 Å². The Bertz CT molecular complexity index is 899. The van der Waals surface area contributed by atoms with Crippen molar-refractivity contribution in [1.29, 1.82) is 0 Å². The summed E-state index contributed by atoms with van der Waals surface area (Å²) in [7, 11) is 3.16. The number of ether oxygens (including phenoxy) is 2. The fourth-order valence-corrected chi connectivity index (χ4v) is 3.18. The molecule has 27 heavy (non-hydrogen) atoms. The molecule has 0 saturated carbocycles. The van der Waals surface area contributed by atoms with E-state index in [0.29, 0.717) is 33.7 Å². The van der Waals surface area contributed by atoms with Crippen molar-refractivity contribution in [3.05, 3.63) is 59.4 Å². The predicted octanol–water partition coefficient (Wildman–Crippen LogP) is 2.53. The summed E-state index contributed by atoms with van der Waals surface area (Å²) in [6, 6.07) is 10.2. The number of nitrogens with one attached hydrogen (secondary N) is 3. The normalized spacial score (nSPS) is 16.3. The minimum atomic E-state index is -0.507. The lowest BCUT2D eigenvalue weighted by atomic mass is 9.94. The number of aromatic nitrogens is 1. The van der Waals surface area contributed by atoms with Crippen LogP contribution >= 0.6 is 12.2 Å². The van der Waals surface area contributed by atoms with E-state index >= 15 is 0 Å². The first-order chi connectivity index (χ1) is 13.0. The van der Waals surface area contributed by atoms with E-state index in [0.717, 1.165) is 5.56 Å². The Kier molecular flexibility index (Phi) is 5.56. The molecule has 1 aromatic heterocycles. The van der Waals surface area contributed by atoms with Gasteiger partial charge in [-0.2, -0.15) is 0 Å². The third-order valence-corrected chi connectivity index (χ3v) is 4.39. The van der Waals surface area contributed by atoms with Crippen LogP contribution in [-0.2, 0) is 4.79 Å². The number of thiocarbonyl (C=S) groups is 1. The van der Waals surface area contributed by atoms with E-state index in [1.165, 1.54) is 0 Å². The maximum absolute atomic E-state index is 13.0. The summed E-state index contributed by atoms with van der Waals surface area (Å²) in [6.45, 7) is 1.81. The number of anilines is 1. The lowest BCUT2D eigenvalue weighted by Gasteiger charge is -2.31. The van der Waals surface area contributed by atoms with Crippen molar-refractivity contribution in [1.82, 2.24) is 15.6 Å². The first kappa shape index (κ1) is 18.7. The number of benzene rings is 1. The van der Waals surface area contributed by atoms with Gasteiger partial charge in [-0.05, 0) is 49.5 Å². The number of rotatable bonds is 5. The zero-order chi connectivity index (χ0) is 19.4. The van der Waals surface area contributed by atoms with Gasteiger partial charge in [-0.15, -0.1) is 0 Å². The largest absolute Gasteiger partial charge is 0.497 e. The van der Waals surface area contributed by atoms with Crippen LogP contribution in [0.25, 0.3) is 0 Å². The highest BCUT2D eigenvalue weighted by molar-refractivity contribution is 7.80. The first-order valence-electron chi connectivity index (χ1n) is 8.26. The summed E-state index contributed by atoms with van der Waals surface area (Å²) in [5.74, 6) is 1.45. The summed E-state index contributed by atoms with van der Waals surface area (Å²) >= 11 is 5.30. The Morgan fingerprint density at radius 3 is 2.70 bits per heavy atom. The van der Waals surface area contributed by atoms with Gasteiger partial charge in [0.15, 0.2) is 5.11 Å². The minimum Gasteiger partial charge on any atom is -0.497 e. The molecule has 1 aliphatic rings. The van der Waals surface area contributed by atoms with Crippen LogP contribution in [0.3, 0.4) is 0 Å². The van der Waals surface area contributed by atoms with Gasteiger partial charge >= 0.3 is 0 Å². The number of allylic oxidation sites excluding steroid dienone is 1. The van der Waals surface area contributed by atoms with Crippen molar-refractivity contribution in [3.8, 4) is 11.5 Å². The molecule has 0 radical (unpaired) electrons. The Morgan fingerprint density at radius 2 is 2.04 bits per heavy atom. The molecule has 1 amide bonds. The van der Waals surface area contributed by atoms with Gasteiger partial charge in [0.2, 0.25) is 0 Å². The molecule has 0 fully saturated rings. The summed E-state index contributed by atoms with van der Waals surface area (Å²) in [5, 5.41) is 9.41. The second-order valence-corrected chi connectivity index (χ2v) is 6.26. The fraction of sp³-hybridized carbons (Fsp3) is 0.211. The number of methoxy groups -OCH3 is 2. The number of hydrogen-bond acceptors (Lipinski definition) is 5. The molecular formula is C19H20N4O3S. The third-order valence-electron chi connectivity index (χ3n) is 4.17. The molecule has 3 rings (SSSR count). The van der Waals surface area contributed by atoms with Crippen molar-refractivity contribution >= 4 is 29.1 Å². The van der Waals surface area contributed by atoms with Crippen LogP contribution in [0.1, 0.15) is 18.5 Å². The van der Waals surface area contributed by atoms with Crippen molar-refractivity contribution in [2.24, 2.45) is 0 Å². The summed E-state index contributed by atoms with van der Waals surface area (Å²) in [4.78, 5) is 17.2. The average Bonchev–Trinajstić information content (AvgIpc) is 2.67. The highest BCUT2D eigenvalue weighted by Gasteiger charge is 2.32. The number of nitrogens with zero attached hydrogens (tertiary/aromatic N) is 1. The average molecular weight is 384 g/mol. The van der Waals surface area contributed by atoms with E-state index in [4.69, 9.17) is 21.7 Å². The molecule has 1 aromatic carbocycles. The maximum atomic E-state index is 13.0. The van der Waals surface area contributed by atoms with Crippen molar-refractivity contribution in [2.75, 3.05) is 19.5 Å². The second-order valence-electron chi connectivity index (χ2n) is 5.85. The molecule has 0 unspecified atom stereocenters. The molecule has 0 spiro atoms. The molecule has 140 valence electrons. The topological polar surface area (TPSA) is 84.5 Å². The molecule has 8 heteroatoms.